The molecule has 0 bridgehead atoms. The Labute approximate surface area is 170 Å². The molecule has 0 N–H and O–H groups in total. The Kier molecular flexibility index (Phi) is 5.24. The number of aromatic nitrogens is 2. The summed E-state index contributed by atoms with van der Waals surface area (Å²) in [4.78, 5) is 4.59. The van der Waals surface area contributed by atoms with Gasteiger partial charge in [0, 0.05) is 42.2 Å². The number of benzene rings is 1. The van der Waals surface area contributed by atoms with Crippen LogP contribution in [-0.4, -0.2) is 48.7 Å². The lowest BCUT2D eigenvalue weighted by atomic mass is 10.0. The van der Waals surface area contributed by atoms with Gasteiger partial charge < -0.3 is 9.26 Å². The van der Waals surface area contributed by atoms with Crippen molar-refractivity contribution >= 4 is 10.0 Å². The molecule has 1 aliphatic heterocycles. The van der Waals surface area contributed by atoms with E-state index in [1.807, 2.05) is 39.0 Å². The Morgan fingerprint density at radius 2 is 1.90 bits per heavy atom. The zero-order chi connectivity index (χ0) is 20.6. The molecule has 2 aromatic heterocycles. The normalized spacial score (nSPS) is 18.1. The quantitative estimate of drug-likeness (QED) is 0.651. The van der Waals surface area contributed by atoms with E-state index < -0.39 is 10.0 Å². The maximum atomic E-state index is 13.2. The summed E-state index contributed by atoms with van der Waals surface area (Å²) >= 11 is 0. The Balaban J connectivity index is 1.75. The predicted molar refractivity (Wildman–Crippen MR) is 109 cm³/mol. The van der Waals surface area contributed by atoms with Crippen molar-refractivity contribution in [1.29, 1.82) is 0 Å². The maximum Gasteiger partial charge on any atom is 0.243 e. The minimum absolute atomic E-state index is 0.196. The minimum Gasteiger partial charge on any atom is -0.378 e. The van der Waals surface area contributed by atoms with Gasteiger partial charge >= 0.3 is 0 Å². The molecule has 4 rings (SSSR count). The third-order valence-electron chi connectivity index (χ3n) is 5.08. The number of ether oxygens (including phenoxy) is 1. The highest BCUT2D eigenvalue weighted by molar-refractivity contribution is 7.89. The van der Waals surface area contributed by atoms with E-state index in [4.69, 9.17) is 9.26 Å². The lowest BCUT2D eigenvalue weighted by Gasteiger charge is -2.32. The van der Waals surface area contributed by atoms with Crippen molar-refractivity contribution in [3.8, 4) is 22.5 Å². The van der Waals surface area contributed by atoms with Crippen molar-refractivity contribution in [3.63, 3.8) is 0 Å². The zero-order valence-corrected chi connectivity index (χ0v) is 17.4. The van der Waals surface area contributed by atoms with Crippen molar-refractivity contribution in [2.45, 2.75) is 31.7 Å². The minimum atomic E-state index is -3.61. The zero-order valence-electron chi connectivity index (χ0n) is 16.6. The second-order valence-corrected chi connectivity index (χ2v) is 9.20. The van der Waals surface area contributed by atoms with E-state index in [2.05, 4.69) is 10.1 Å². The summed E-state index contributed by atoms with van der Waals surface area (Å²) in [6, 6.07) is 8.79. The van der Waals surface area contributed by atoms with Crippen LogP contribution in [0.15, 0.2) is 52.1 Å². The van der Waals surface area contributed by atoms with E-state index in [1.54, 1.807) is 24.5 Å². The number of morpholine rings is 1. The third-order valence-corrected chi connectivity index (χ3v) is 7.09. The Hall–Kier alpha value is -2.55. The first-order valence-electron chi connectivity index (χ1n) is 9.45. The smallest absolute Gasteiger partial charge is 0.243 e. The number of rotatable bonds is 4. The molecular formula is C21H23N3O4S. The van der Waals surface area contributed by atoms with Crippen molar-refractivity contribution in [2.75, 3.05) is 19.8 Å². The molecule has 3 aromatic rings. The van der Waals surface area contributed by atoms with Gasteiger partial charge in [-0.25, -0.2) is 8.42 Å². The van der Waals surface area contributed by atoms with Crippen LogP contribution < -0.4 is 0 Å². The van der Waals surface area contributed by atoms with Crippen LogP contribution in [0.4, 0.5) is 0 Å². The van der Waals surface area contributed by atoms with Crippen LogP contribution in [0.1, 0.15) is 18.2 Å². The van der Waals surface area contributed by atoms with Crippen molar-refractivity contribution in [3.05, 3.63) is 54.0 Å². The van der Waals surface area contributed by atoms with Crippen LogP contribution in [0, 0.1) is 13.8 Å². The maximum absolute atomic E-state index is 13.2. The third kappa shape index (κ3) is 3.83. The second-order valence-electron chi connectivity index (χ2n) is 7.31. The van der Waals surface area contributed by atoms with Crippen molar-refractivity contribution in [2.24, 2.45) is 0 Å². The van der Waals surface area contributed by atoms with Crippen LogP contribution >= 0.6 is 0 Å². The lowest BCUT2D eigenvalue weighted by molar-refractivity contribution is 0.0393. The summed E-state index contributed by atoms with van der Waals surface area (Å²) in [6.45, 7) is 6.84. The first-order valence-corrected chi connectivity index (χ1v) is 10.9. The number of pyridine rings is 1. The topological polar surface area (TPSA) is 85.5 Å². The summed E-state index contributed by atoms with van der Waals surface area (Å²) in [5, 5.41) is 3.92. The molecule has 1 fully saturated rings. The van der Waals surface area contributed by atoms with Gasteiger partial charge in [0.1, 0.15) is 0 Å². The molecule has 3 heterocycles. The van der Waals surface area contributed by atoms with Gasteiger partial charge in [-0.1, -0.05) is 11.2 Å². The summed E-state index contributed by atoms with van der Waals surface area (Å²) in [6.07, 6.45) is 3.43. The molecule has 0 aliphatic carbocycles. The highest BCUT2D eigenvalue weighted by Gasteiger charge is 2.31. The fourth-order valence-electron chi connectivity index (χ4n) is 3.50. The van der Waals surface area contributed by atoms with Gasteiger partial charge in [-0.3, -0.25) is 4.98 Å². The Morgan fingerprint density at radius 3 is 2.62 bits per heavy atom. The molecule has 1 atom stereocenters. The van der Waals surface area contributed by atoms with Gasteiger partial charge in [-0.15, -0.1) is 0 Å². The van der Waals surface area contributed by atoms with E-state index in [-0.39, 0.29) is 10.9 Å². The highest BCUT2D eigenvalue weighted by atomic mass is 32.2. The summed E-state index contributed by atoms with van der Waals surface area (Å²) in [5.41, 5.74) is 4.18. The molecule has 8 heteroatoms. The summed E-state index contributed by atoms with van der Waals surface area (Å²) < 4.78 is 38.7. The summed E-state index contributed by atoms with van der Waals surface area (Å²) in [7, 11) is -3.61. The van der Waals surface area contributed by atoms with E-state index in [0.717, 1.165) is 27.9 Å². The molecule has 29 heavy (non-hydrogen) atoms. The fourth-order valence-corrected chi connectivity index (χ4v) is 5.13. The van der Waals surface area contributed by atoms with Gasteiger partial charge in [0.2, 0.25) is 10.0 Å². The monoisotopic (exact) mass is 413 g/mol. The first-order chi connectivity index (χ1) is 13.9. The highest BCUT2D eigenvalue weighted by Crippen LogP contribution is 2.31. The van der Waals surface area contributed by atoms with Gasteiger partial charge in [-0.2, -0.15) is 4.31 Å². The molecule has 0 saturated carbocycles. The Bertz CT molecular complexity index is 1140. The summed E-state index contributed by atoms with van der Waals surface area (Å²) in [5.74, 6) is 0.625. The van der Waals surface area contributed by atoms with Crippen LogP contribution in [0.5, 0.6) is 0 Å². The van der Waals surface area contributed by atoms with Crippen LogP contribution in [0.2, 0.25) is 0 Å². The molecule has 0 amide bonds. The van der Waals surface area contributed by atoms with E-state index in [0.29, 0.717) is 25.5 Å². The molecule has 0 unspecified atom stereocenters. The Morgan fingerprint density at radius 1 is 1.10 bits per heavy atom. The largest absolute Gasteiger partial charge is 0.378 e. The average Bonchev–Trinajstić information content (AvgIpc) is 3.15. The first kappa shape index (κ1) is 19.8. The lowest BCUT2D eigenvalue weighted by Crippen LogP contribution is -2.46. The fraction of sp³-hybridized carbons (Fsp3) is 0.333. The molecular weight excluding hydrogens is 390 g/mol. The van der Waals surface area contributed by atoms with E-state index >= 15 is 0 Å². The number of nitrogens with zero attached hydrogens (tertiary/aromatic N) is 3. The molecule has 1 aliphatic rings. The predicted octanol–water partition coefficient (Wildman–Crippen LogP) is 3.43. The van der Waals surface area contributed by atoms with E-state index in [9.17, 15) is 8.42 Å². The molecule has 1 saturated heterocycles. The van der Waals surface area contributed by atoms with Crippen molar-refractivity contribution in [1.82, 2.24) is 14.4 Å². The number of hydrogen-bond donors (Lipinski definition) is 0. The van der Waals surface area contributed by atoms with Gasteiger partial charge in [-0.05, 0) is 50.1 Å². The standard InChI is InChI=1S/C21H23N3O4S/c1-14-4-5-19(29(25,26)24-6-7-27-13-16(24)3)10-20(14)17-9-18(12-22-11-17)21-8-15(2)23-28-21/h4-5,8-12,16H,6-7,13H2,1-3H3/t16-/m1/s1. The number of sulfonamides is 1. The SMILES string of the molecule is Cc1cc(-c2cncc(-c3cc(S(=O)(=O)N4CCOC[C@H]4C)ccc3C)c2)on1. The van der Waals surface area contributed by atoms with Crippen LogP contribution in [0.3, 0.4) is 0 Å². The number of hydrogen-bond acceptors (Lipinski definition) is 6. The van der Waals surface area contributed by atoms with Crippen LogP contribution in [0.25, 0.3) is 22.5 Å². The molecule has 0 radical (unpaired) electrons. The molecule has 7 nitrogen and oxygen atoms in total. The van der Waals surface area contributed by atoms with Gasteiger partial charge in [0.15, 0.2) is 5.76 Å². The average molecular weight is 413 g/mol. The molecule has 152 valence electrons. The van der Waals surface area contributed by atoms with Gasteiger partial charge in [0.05, 0.1) is 23.8 Å². The molecule has 1 aromatic carbocycles. The second kappa shape index (κ2) is 7.70. The number of aryl methyl sites for hydroxylation is 2. The van der Waals surface area contributed by atoms with Crippen molar-refractivity contribution < 1.29 is 17.7 Å². The molecule has 0 spiro atoms. The van der Waals surface area contributed by atoms with Gasteiger partial charge in [0.25, 0.3) is 0 Å². The van der Waals surface area contributed by atoms with E-state index in [1.165, 1.54) is 4.31 Å². The van der Waals surface area contributed by atoms with Crippen LogP contribution in [-0.2, 0) is 14.8 Å².